The fraction of sp³-hybridized carbons (Fsp3) is 0.318. The number of rotatable bonds is 9. The van der Waals surface area contributed by atoms with E-state index in [4.69, 9.17) is 9.47 Å². The van der Waals surface area contributed by atoms with Gasteiger partial charge >= 0.3 is 0 Å². The number of nitrogens with one attached hydrogen (secondary N) is 2. The summed E-state index contributed by atoms with van der Waals surface area (Å²) in [5.41, 5.74) is 2.08. The van der Waals surface area contributed by atoms with E-state index in [0.717, 1.165) is 29.5 Å². The highest BCUT2D eigenvalue weighted by Gasteiger charge is 2.04. The van der Waals surface area contributed by atoms with Crippen molar-refractivity contribution >= 4 is 5.96 Å². The highest BCUT2D eigenvalue weighted by Crippen LogP contribution is 2.23. The van der Waals surface area contributed by atoms with Crippen LogP contribution < -0.4 is 20.1 Å². The van der Waals surface area contributed by atoms with E-state index in [1.807, 2.05) is 68.0 Å². The minimum Gasteiger partial charge on any atom is -0.494 e. The second kappa shape index (κ2) is 10.8. The Hall–Kier alpha value is -3.55. The quantitative estimate of drug-likeness (QED) is 0.418. The summed E-state index contributed by atoms with van der Waals surface area (Å²) in [6, 6.07) is 13.3. The van der Waals surface area contributed by atoms with Crippen molar-refractivity contribution in [1.82, 2.24) is 25.4 Å². The SMILES string of the molecule is CCNC(=NCc1ccnc(Oc2ccc(OCC)cc2)c1)NCc1ccnn1C. The van der Waals surface area contributed by atoms with Crippen molar-refractivity contribution in [1.29, 1.82) is 0 Å². The number of pyridine rings is 1. The lowest BCUT2D eigenvalue weighted by Gasteiger charge is -2.11. The molecule has 0 spiro atoms. The van der Waals surface area contributed by atoms with E-state index in [1.165, 1.54) is 0 Å². The molecule has 8 heteroatoms. The van der Waals surface area contributed by atoms with Crippen LogP contribution in [0, 0.1) is 0 Å². The molecule has 2 N–H and O–H groups in total. The van der Waals surface area contributed by atoms with Crippen molar-refractivity contribution in [2.45, 2.75) is 26.9 Å². The van der Waals surface area contributed by atoms with Gasteiger partial charge in [0.2, 0.25) is 5.88 Å². The van der Waals surface area contributed by atoms with Crippen LogP contribution in [0.5, 0.6) is 17.4 Å². The van der Waals surface area contributed by atoms with Gasteiger partial charge in [0, 0.05) is 32.1 Å². The Kier molecular flexibility index (Phi) is 7.65. The molecule has 0 saturated carbocycles. The van der Waals surface area contributed by atoms with Crippen molar-refractivity contribution in [3.63, 3.8) is 0 Å². The molecule has 0 fully saturated rings. The van der Waals surface area contributed by atoms with E-state index in [-0.39, 0.29) is 0 Å². The summed E-state index contributed by atoms with van der Waals surface area (Å²) in [5.74, 6) is 2.79. The third kappa shape index (κ3) is 6.23. The van der Waals surface area contributed by atoms with Crippen LogP contribution in [-0.4, -0.2) is 33.9 Å². The molecule has 2 aromatic heterocycles. The Balaban J connectivity index is 1.61. The van der Waals surface area contributed by atoms with Gasteiger partial charge in [0.05, 0.1) is 25.4 Å². The van der Waals surface area contributed by atoms with Crippen LogP contribution in [0.3, 0.4) is 0 Å². The number of hydrogen-bond donors (Lipinski definition) is 2. The molecule has 1 aromatic carbocycles. The number of aryl methyl sites for hydroxylation is 1. The Morgan fingerprint density at radius 2 is 1.83 bits per heavy atom. The third-order valence-electron chi connectivity index (χ3n) is 4.28. The smallest absolute Gasteiger partial charge is 0.219 e. The summed E-state index contributed by atoms with van der Waals surface area (Å²) in [5, 5.41) is 10.8. The molecule has 8 nitrogen and oxygen atoms in total. The lowest BCUT2D eigenvalue weighted by molar-refractivity contribution is 0.339. The lowest BCUT2D eigenvalue weighted by Crippen LogP contribution is -2.37. The summed E-state index contributed by atoms with van der Waals surface area (Å²) in [6.07, 6.45) is 3.51. The molecule has 0 bridgehead atoms. The van der Waals surface area contributed by atoms with Crippen molar-refractivity contribution in [3.05, 3.63) is 66.1 Å². The van der Waals surface area contributed by atoms with Crippen molar-refractivity contribution in [2.75, 3.05) is 13.2 Å². The van der Waals surface area contributed by atoms with Crippen LogP contribution in [0.2, 0.25) is 0 Å². The zero-order chi connectivity index (χ0) is 21.2. The van der Waals surface area contributed by atoms with Crippen LogP contribution in [0.4, 0.5) is 0 Å². The lowest BCUT2D eigenvalue weighted by atomic mass is 10.2. The minimum atomic E-state index is 0.503. The maximum absolute atomic E-state index is 5.86. The van der Waals surface area contributed by atoms with Crippen molar-refractivity contribution in [2.24, 2.45) is 12.0 Å². The van der Waals surface area contributed by atoms with Gasteiger partial charge in [-0.2, -0.15) is 5.10 Å². The largest absolute Gasteiger partial charge is 0.494 e. The number of hydrogen-bond acceptors (Lipinski definition) is 5. The fourth-order valence-electron chi connectivity index (χ4n) is 2.76. The number of nitrogens with zero attached hydrogens (tertiary/aromatic N) is 4. The fourth-order valence-corrected chi connectivity index (χ4v) is 2.76. The van der Waals surface area contributed by atoms with Gasteiger partial charge in [0.25, 0.3) is 0 Å². The highest BCUT2D eigenvalue weighted by atomic mass is 16.5. The Labute approximate surface area is 177 Å². The van der Waals surface area contributed by atoms with Crippen LogP contribution in [-0.2, 0) is 20.1 Å². The maximum Gasteiger partial charge on any atom is 0.219 e. The average molecular weight is 409 g/mol. The molecule has 0 aliphatic rings. The molecule has 3 rings (SSSR count). The van der Waals surface area contributed by atoms with Gasteiger partial charge in [-0.15, -0.1) is 0 Å². The van der Waals surface area contributed by atoms with E-state index in [1.54, 1.807) is 12.4 Å². The van der Waals surface area contributed by atoms with Crippen LogP contribution >= 0.6 is 0 Å². The topological polar surface area (TPSA) is 85.6 Å². The highest BCUT2D eigenvalue weighted by molar-refractivity contribution is 5.79. The predicted molar refractivity (Wildman–Crippen MR) is 117 cm³/mol. The molecule has 0 radical (unpaired) electrons. The molecule has 0 aliphatic heterocycles. The molecule has 30 heavy (non-hydrogen) atoms. The monoisotopic (exact) mass is 408 g/mol. The van der Waals surface area contributed by atoms with E-state index >= 15 is 0 Å². The number of guanidine groups is 1. The summed E-state index contributed by atoms with van der Waals surface area (Å²) < 4.78 is 13.1. The molecule has 0 atom stereocenters. The molecular formula is C22H28N6O2. The Bertz CT molecular complexity index is 952. The molecule has 2 heterocycles. The van der Waals surface area contributed by atoms with E-state index < -0.39 is 0 Å². The van der Waals surface area contributed by atoms with E-state index in [9.17, 15) is 0 Å². The summed E-state index contributed by atoms with van der Waals surface area (Å²) in [4.78, 5) is 8.95. The molecular weight excluding hydrogens is 380 g/mol. The Morgan fingerprint density at radius 3 is 2.53 bits per heavy atom. The zero-order valence-corrected chi connectivity index (χ0v) is 17.6. The van der Waals surface area contributed by atoms with Crippen molar-refractivity contribution < 1.29 is 9.47 Å². The average Bonchev–Trinajstić information content (AvgIpc) is 3.17. The van der Waals surface area contributed by atoms with Gasteiger partial charge in [0.1, 0.15) is 11.5 Å². The summed E-state index contributed by atoms with van der Waals surface area (Å²) in [7, 11) is 1.92. The van der Waals surface area contributed by atoms with Gasteiger partial charge in [-0.3, -0.25) is 4.68 Å². The first kappa shape index (κ1) is 21.2. The normalized spacial score (nSPS) is 11.2. The number of benzene rings is 1. The first-order chi connectivity index (χ1) is 14.7. The zero-order valence-electron chi connectivity index (χ0n) is 17.6. The van der Waals surface area contributed by atoms with Gasteiger partial charge in [-0.1, -0.05) is 0 Å². The molecule has 0 saturated heterocycles. The predicted octanol–water partition coefficient (Wildman–Crippen LogP) is 3.26. The molecule has 3 aromatic rings. The standard InChI is InChI=1S/C22H28N6O2/c1-4-23-22(26-16-18-11-13-27-28(18)3)25-15-17-10-12-24-21(14-17)30-20-8-6-19(7-9-20)29-5-2/h6-14H,4-5,15-16H2,1-3H3,(H2,23,25,26). The third-order valence-corrected chi connectivity index (χ3v) is 4.28. The van der Waals surface area contributed by atoms with Crippen LogP contribution in [0.25, 0.3) is 0 Å². The minimum absolute atomic E-state index is 0.503. The molecule has 0 unspecified atom stereocenters. The number of ether oxygens (including phenoxy) is 2. The van der Waals surface area contributed by atoms with Crippen LogP contribution in [0.1, 0.15) is 25.1 Å². The van der Waals surface area contributed by atoms with Gasteiger partial charge in [-0.05, 0) is 55.8 Å². The second-order valence-corrected chi connectivity index (χ2v) is 6.50. The molecule has 0 amide bonds. The van der Waals surface area contributed by atoms with Crippen LogP contribution in [0.15, 0.2) is 59.9 Å². The molecule has 0 aliphatic carbocycles. The van der Waals surface area contributed by atoms with Gasteiger partial charge < -0.3 is 20.1 Å². The number of aliphatic imine (C=N–C) groups is 1. The van der Waals surface area contributed by atoms with Gasteiger partial charge in [0.15, 0.2) is 5.96 Å². The number of aromatic nitrogens is 3. The first-order valence-electron chi connectivity index (χ1n) is 10.0. The van der Waals surface area contributed by atoms with Gasteiger partial charge in [-0.25, -0.2) is 9.98 Å². The van der Waals surface area contributed by atoms with E-state index in [0.29, 0.717) is 31.3 Å². The first-order valence-corrected chi connectivity index (χ1v) is 10.0. The molecule has 158 valence electrons. The van der Waals surface area contributed by atoms with E-state index in [2.05, 4.69) is 25.7 Å². The summed E-state index contributed by atoms with van der Waals surface area (Å²) >= 11 is 0. The van der Waals surface area contributed by atoms with Crippen molar-refractivity contribution in [3.8, 4) is 17.4 Å². The second-order valence-electron chi connectivity index (χ2n) is 6.50. The maximum atomic E-state index is 5.86. The summed E-state index contributed by atoms with van der Waals surface area (Å²) in [6.45, 7) is 6.55. The Morgan fingerprint density at radius 1 is 1.03 bits per heavy atom.